The number of anilines is 1. The zero-order valence-electron chi connectivity index (χ0n) is 10.4. The van der Waals surface area contributed by atoms with Gasteiger partial charge in [-0.05, 0) is 25.2 Å². The van der Waals surface area contributed by atoms with Crippen LogP contribution in [0.25, 0.3) is 0 Å². The van der Waals surface area contributed by atoms with Gasteiger partial charge in [0, 0.05) is 31.0 Å². The van der Waals surface area contributed by atoms with Gasteiger partial charge in [-0.2, -0.15) is 0 Å². The molecule has 0 spiro atoms. The monoisotopic (exact) mass is 284 g/mol. The number of aromatic nitrogens is 2. The van der Waals surface area contributed by atoms with E-state index < -0.39 is 5.97 Å². The second-order valence-corrected chi connectivity index (χ2v) is 5.36. The highest BCUT2D eigenvalue weighted by Crippen LogP contribution is 2.22. The Morgan fingerprint density at radius 3 is 2.79 bits per heavy atom. The maximum absolute atomic E-state index is 11.9. The fraction of sp³-hybridized carbons (Fsp3) is 0.636. The molecule has 1 saturated heterocycles. The van der Waals surface area contributed by atoms with E-state index in [0.29, 0.717) is 30.4 Å². The Morgan fingerprint density at radius 2 is 2.21 bits per heavy atom. The lowest BCUT2D eigenvalue weighted by molar-refractivity contribution is -0.137. The number of nitrogens with zero attached hydrogens (tertiary/aromatic N) is 3. The molecule has 8 heteroatoms. The summed E-state index contributed by atoms with van der Waals surface area (Å²) in [5.74, 6) is -0.344. The predicted octanol–water partition coefficient (Wildman–Crippen LogP) is 1.65. The summed E-state index contributed by atoms with van der Waals surface area (Å²) in [5.41, 5.74) is 0. The summed E-state index contributed by atoms with van der Waals surface area (Å²) in [6, 6.07) is -0.136. The van der Waals surface area contributed by atoms with Crippen molar-refractivity contribution in [1.29, 1.82) is 0 Å². The Kier molecular flexibility index (Phi) is 4.67. The van der Waals surface area contributed by atoms with E-state index in [9.17, 15) is 9.59 Å². The van der Waals surface area contributed by atoms with Gasteiger partial charge in [0.1, 0.15) is 5.00 Å². The quantitative estimate of drug-likeness (QED) is 0.876. The van der Waals surface area contributed by atoms with Crippen molar-refractivity contribution in [2.75, 3.05) is 18.4 Å². The van der Waals surface area contributed by atoms with Gasteiger partial charge in [-0.25, -0.2) is 4.79 Å². The number of carbonyl (C=O) groups is 2. The van der Waals surface area contributed by atoms with E-state index in [-0.39, 0.29) is 12.5 Å². The summed E-state index contributed by atoms with van der Waals surface area (Å²) in [4.78, 5) is 24.2. The third kappa shape index (κ3) is 4.16. The minimum absolute atomic E-state index is 0.136. The smallest absolute Gasteiger partial charge is 0.322 e. The number of amides is 2. The van der Waals surface area contributed by atoms with Gasteiger partial charge in [-0.3, -0.25) is 10.1 Å². The van der Waals surface area contributed by atoms with Gasteiger partial charge >= 0.3 is 12.0 Å². The highest BCUT2D eigenvalue weighted by atomic mass is 32.1. The average molecular weight is 284 g/mol. The molecule has 0 aromatic carbocycles. The first kappa shape index (κ1) is 13.7. The molecule has 1 aromatic rings. The van der Waals surface area contributed by atoms with Crippen LogP contribution in [0.5, 0.6) is 0 Å². The number of rotatable bonds is 4. The van der Waals surface area contributed by atoms with Crippen LogP contribution in [0.2, 0.25) is 0 Å². The Morgan fingerprint density at radius 1 is 1.47 bits per heavy atom. The van der Waals surface area contributed by atoms with Crippen molar-refractivity contribution in [1.82, 2.24) is 14.5 Å². The van der Waals surface area contributed by atoms with Gasteiger partial charge in [0.2, 0.25) is 0 Å². The van der Waals surface area contributed by atoms with E-state index in [1.807, 2.05) is 0 Å². The molecule has 0 aliphatic carbocycles. The minimum atomic E-state index is -0.752. The Hall–Kier alpha value is -1.70. The first-order chi connectivity index (χ1) is 9.15. The molecule has 0 saturated carbocycles. The molecule has 1 aromatic heterocycles. The zero-order chi connectivity index (χ0) is 13.7. The SMILES string of the molecule is O=C(O)CCC1CCN(C(=O)Nc2cnns2)CC1. The number of carbonyl (C=O) groups excluding carboxylic acids is 1. The normalized spacial score (nSPS) is 16.3. The van der Waals surface area contributed by atoms with Gasteiger partial charge in [-0.1, -0.05) is 4.49 Å². The molecule has 1 aliphatic heterocycles. The van der Waals surface area contributed by atoms with Crippen molar-refractivity contribution in [2.24, 2.45) is 5.92 Å². The van der Waals surface area contributed by atoms with Gasteiger partial charge in [0.25, 0.3) is 0 Å². The van der Waals surface area contributed by atoms with Crippen LogP contribution in [-0.2, 0) is 4.79 Å². The number of aliphatic carboxylic acids is 1. The molecule has 19 heavy (non-hydrogen) atoms. The first-order valence-electron chi connectivity index (χ1n) is 6.20. The molecule has 7 nitrogen and oxygen atoms in total. The molecule has 0 unspecified atom stereocenters. The van der Waals surface area contributed by atoms with Crippen LogP contribution in [0.15, 0.2) is 6.20 Å². The van der Waals surface area contributed by atoms with E-state index in [1.165, 1.54) is 6.20 Å². The van der Waals surface area contributed by atoms with Crippen molar-refractivity contribution in [3.05, 3.63) is 6.20 Å². The molecule has 104 valence electrons. The number of hydrogen-bond donors (Lipinski definition) is 2. The minimum Gasteiger partial charge on any atom is -0.481 e. The zero-order valence-corrected chi connectivity index (χ0v) is 11.2. The number of urea groups is 1. The molecule has 2 N–H and O–H groups in total. The van der Waals surface area contributed by atoms with E-state index >= 15 is 0 Å². The summed E-state index contributed by atoms with van der Waals surface area (Å²) in [6.07, 6.45) is 4.15. The summed E-state index contributed by atoms with van der Waals surface area (Å²) < 4.78 is 3.68. The molecule has 0 radical (unpaired) electrons. The van der Waals surface area contributed by atoms with Crippen LogP contribution in [-0.4, -0.2) is 44.7 Å². The van der Waals surface area contributed by atoms with Crippen molar-refractivity contribution in [3.63, 3.8) is 0 Å². The van der Waals surface area contributed by atoms with Crippen LogP contribution < -0.4 is 5.32 Å². The summed E-state index contributed by atoms with van der Waals surface area (Å²) in [5, 5.41) is 15.7. The lowest BCUT2D eigenvalue weighted by atomic mass is 9.92. The maximum Gasteiger partial charge on any atom is 0.322 e. The summed E-state index contributed by atoms with van der Waals surface area (Å²) >= 11 is 1.14. The highest BCUT2D eigenvalue weighted by molar-refractivity contribution is 7.10. The molecule has 1 fully saturated rings. The number of piperidine rings is 1. The van der Waals surface area contributed by atoms with Crippen molar-refractivity contribution >= 4 is 28.5 Å². The largest absolute Gasteiger partial charge is 0.481 e. The molecule has 1 aliphatic rings. The first-order valence-corrected chi connectivity index (χ1v) is 6.97. The molecule has 0 atom stereocenters. The number of nitrogens with one attached hydrogen (secondary N) is 1. The second-order valence-electron chi connectivity index (χ2n) is 4.57. The molecular formula is C11H16N4O3S. The molecular weight excluding hydrogens is 268 g/mol. The van der Waals surface area contributed by atoms with Crippen molar-refractivity contribution < 1.29 is 14.7 Å². The Balaban J connectivity index is 1.73. The second kappa shape index (κ2) is 6.46. The molecule has 2 rings (SSSR count). The van der Waals surface area contributed by atoms with E-state index in [0.717, 1.165) is 24.4 Å². The average Bonchev–Trinajstić information content (AvgIpc) is 2.89. The molecule has 2 heterocycles. The van der Waals surface area contributed by atoms with Gasteiger partial charge < -0.3 is 10.0 Å². The van der Waals surface area contributed by atoms with Crippen LogP contribution >= 0.6 is 11.5 Å². The van der Waals surface area contributed by atoms with Gasteiger partial charge in [0.15, 0.2) is 0 Å². The van der Waals surface area contributed by atoms with E-state index in [4.69, 9.17) is 5.11 Å². The standard InChI is InChI=1S/C11H16N4O3S/c16-10(17)2-1-8-3-5-15(6-4-8)11(18)13-9-7-12-14-19-9/h7-8H,1-6H2,(H,13,18)(H,16,17). The van der Waals surface area contributed by atoms with Crippen LogP contribution in [0.4, 0.5) is 9.80 Å². The topological polar surface area (TPSA) is 95.4 Å². The molecule has 0 bridgehead atoms. The maximum atomic E-state index is 11.9. The van der Waals surface area contributed by atoms with Crippen molar-refractivity contribution in [3.8, 4) is 0 Å². The fourth-order valence-corrected chi connectivity index (χ4v) is 2.57. The Labute approximate surface area is 114 Å². The summed E-state index contributed by atoms with van der Waals surface area (Å²) in [7, 11) is 0. The number of carboxylic acids is 1. The van der Waals surface area contributed by atoms with Crippen LogP contribution in [0.1, 0.15) is 25.7 Å². The van der Waals surface area contributed by atoms with Crippen molar-refractivity contribution in [2.45, 2.75) is 25.7 Å². The van der Waals surface area contributed by atoms with E-state index in [2.05, 4.69) is 14.9 Å². The Bertz CT molecular complexity index is 429. The number of carboxylic acid groups (broad SMARTS) is 1. The summed E-state index contributed by atoms with van der Waals surface area (Å²) in [6.45, 7) is 1.34. The fourth-order valence-electron chi connectivity index (χ4n) is 2.16. The number of likely N-dealkylation sites (tertiary alicyclic amines) is 1. The lowest BCUT2D eigenvalue weighted by Gasteiger charge is -2.31. The number of hydrogen-bond acceptors (Lipinski definition) is 5. The third-order valence-electron chi connectivity index (χ3n) is 3.26. The lowest BCUT2D eigenvalue weighted by Crippen LogP contribution is -2.41. The van der Waals surface area contributed by atoms with E-state index in [1.54, 1.807) is 4.90 Å². The molecule has 2 amide bonds. The van der Waals surface area contributed by atoms with Gasteiger partial charge in [0.05, 0.1) is 6.20 Å². The third-order valence-corrected chi connectivity index (χ3v) is 3.84. The van der Waals surface area contributed by atoms with Gasteiger partial charge in [-0.15, -0.1) is 5.10 Å². The predicted molar refractivity (Wildman–Crippen MR) is 70.1 cm³/mol. The van der Waals surface area contributed by atoms with Crippen LogP contribution in [0.3, 0.4) is 0 Å². The van der Waals surface area contributed by atoms with Crippen LogP contribution in [0, 0.1) is 5.92 Å². The highest BCUT2D eigenvalue weighted by Gasteiger charge is 2.23.